The van der Waals surface area contributed by atoms with Gasteiger partial charge >= 0.3 is 0 Å². The van der Waals surface area contributed by atoms with Gasteiger partial charge in [0.2, 0.25) is 0 Å². The zero-order valence-corrected chi connectivity index (χ0v) is 12.2. The van der Waals surface area contributed by atoms with Gasteiger partial charge in [-0.25, -0.2) is 0 Å². The fraction of sp³-hybridized carbons (Fsp3) is 0.562. The summed E-state index contributed by atoms with van der Waals surface area (Å²) in [6.45, 7) is 4.17. The number of carbonyl (C=O) groups is 1. The first kappa shape index (κ1) is 13.1. The molecule has 0 N–H and O–H groups in total. The molecule has 4 nitrogen and oxygen atoms in total. The van der Waals surface area contributed by atoms with Gasteiger partial charge in [0.25, 0.3) is 0 Å². The zero-order chi connectivity index (χ0) is 14.5. The van der Waals surface area contributed by atoms with Crippen LogP contribution in [0, 0.1) is 23.2 Å². The highest BCUT2D eigenvalue weighted by Crippen LogP contribution is 2.49. The standard InChI is InChI=1S/C16H19N3O/c1-4-12-13-6-5-10-9-19(3)18-15(10)16(13,2)7-11(8-17)14(12)20/h7,9,12-13H,4-6H2,1-3H3/t12-,13?,16?/m0/s1. The van der Waals surface area contributed by atoms with Crippen molar-refractivity contribution in [3.8, 4) is 6.07 Å². The van der Waals surface area contributed by atoms with Crippen molar-refractivity contribution in [3.63, 3.8) is 0 Å². The van der Waals surface area contributed by atoms with Crippen molar-refractivity contribution in [2.75, 3.05) is 0 Å². The van der Waals surface area contributed by atoms with Gasteiger partial charge < -0.3 is 0 Å². The lowest BCUT2D eigenvalue weighted by molar-refractivity contribution is -0.122. The van der Waals surface area contributed by atoms with Crippen LogP contribution in [0.25, 0.3) is 0 Å². The number of Topliss-reactive ketones (excluding diaryl/α,β-unsaturated/α-hetero) is 1. The van der Waals surface area contributed by atoms with E-state index in [9.17, 15) is 10.1 Å². The van der Waals surface area contributed by atoms with E-state index in [0.717, 1.165) is 25.0 Å². The first-order valence-electron chi connectivity index (χ1n) is 7.21. The number of carbonyl (C=O) groups excluding carboxylic acids is 1. The van der Waals surface area contributed by atoms with E-state index in [4.69, 9.17) is 0 Å². The van der Waals surface area contributed by atoms with Crippen molar-refractivity contribution in [1.82, 2.24) is 9.78 Å². The third-order valence-corrected chi connectivity index (χ3v) is 5.00. The summed E-state index contributed by atoms with van der Waals surface area (Å²) in [7, 11) is 1.93. The van der Waals surface area contributed by atoms with E-state index in [2.05, 4.69) is 24.3 Å². The van der Waals surface area contributed by atoms with E-state index in [-0.39, 0.29) is 23.0 Å². The number of nitrogens with zero attached hydrogens (tertiary/aromatic N) is 3. The molecule has 20 heavy (non-hydrogen) atoms. The Labute approximate surface area is 119 Å². The Morgan fingerprint density at radius 1 is 1.60 bits per heavy atom. The molecule has 0 amide bonds. The van der Waals surface area contributed by atoms with Crippen LogP contribution in [0.4, 0.5) is 0 Å². The monoisotopic (exact) mass is 269 g/mol. The van der Waals surface area contributed by atoms with Crippen LogP contribution in [0.5, 0.6) is 0 Å². The van der Waals surface area contributed by atoms with E-state index < -0.39 is 0 Å². The summed E-state index contributed by atoms with van der Waals surface area (Å²) in [4.78, 5) is 12.4. The number of aryl methyl sites for hydroxylation is 2. The molecule has 0 radical (unpaired) electrons. The highest BCUT2D eigenvalue weighted by Gasteiger charge is 2.50. The van der Waals surface area contributed by atoms with E-state index in [0.29, 0.717) is 5.57 Å². The number of fused-ring (bicyclic) bond motifs is 3. The van der Waals surface area contributed by atoms with Crippen LogP contribution in [-0.4, -0.2) is 15.6 Å². The van der Waals surface area contributed by atoms with Gasteiger partial charge in [-0.3, -0.25) is 9.48 Å². The van der Waals surface area contributed by atoms with Crippen molar-refractivity contribution in [2.24, 2.45) is 18.9 Å². The summed E-state index contributed by atoms with van der Waals surface area (Å²) in [5.74, 6) is 0.242. The maximum atomic E-state index is 12.4. The summed E-state index contributed by atoms with van der Waals surface area (Å²) in [5.41, 5.74) is 2.34. The molecule has 2 unspecified atom stereocenters. The normalized spacial score (nSPS) is 32.1. The molecule has 1 heterocycles. The minimum atomic E-state index is -0.283. The Balaban J connectivity index is 2.22. The molecular formula is C16H19N3O. The van der Waals surface area contributed by atoms with E-state index >= 15 is 0 Å². The van der Waals surface area contributed by atoms with Crippen molar-refractivity contribution >= 4 is 5.78 Å². The second kappa shape index (κ2) is 4.31. The van der Waals surface area contributed by atoms with E-state index in [1.807, 2.05) is 24.7 Å². The summed E-state index contributed by atoms with van der Waals surface area (Å²) >= 11 is 0. The smallest absolute Gasteiger partial charge is 0.176 e. The molecule has 0 bridgehead atoms. The first-order valence-corrected chi connectivity index (χ1v) is 7.21. The van der Waals surface area contributed by atoms with Gasteiger partial charge in [0.15, 0.2) is 5.78 Å². The number of hydrogen-bond acceptors (Lipinski definition) is 3. The SMILES string of the molecule is CC[C@@H]1C(=O)C(C#N)=CC2(C)c3nn(C)cc3CCC12. The van der Waals surface area contributed by atoms with Crippen LogP contribution >= 0.6 is 0 Å². The van der Waals surface area contributed by atoms with E-state index in [1.165, 1.54) is 5.56 Å². The quantitative estimate of drug-likeness (QED) is 0.786. The summed E-state index contributed by atoms with van der Waals surface area (Å²) < 4.78 is 1.84. The Hall–Kier alpha value is -1.89. The van der Waals surface area contributed by atoms with Crippen LogP contribution in [0.15, 0.2) is 17.8 Å². The van der Waals surface area contributed by atoms with Crippen molar-refractivity contribution < 1.29 is 4.79 Å². The number of allylic oxidation sites excluding steroid dienone is 2. The van der Waals surface area contributed by atoms with Crippen LogP contribution in [0.1, 0.15) is 37.9 Å². The molecule has 0 spiro atoms. The minimum absolute atomic E-state index is 0.0249. The summed E-state index contributed by atoms with van der Waals surface area (Å²) in [6.07, 6.45) is 6.70. The molecular weight excluding hydrogens is 250 g/mol. The molecule has 1 aromatic rings. The van der Waals surface area contributed by atoms with Gasteiger partial charge in [-0.1, -0.05) is 19.9 Å². The number of hydrogen-bond donors (Lipinski definition) is 0. The van der Waals surface area contributed by atoms with Gasteiger partial charge in [0.05, 0.1) is 11.3 Å². The summed E-state index contributed by atoms with van der Waals surface area (Å²) in [5, 5.41) is 13.9. The molecule has 0 saturated heterocycles. The van der Waals surface area contributed by atoms with Crippen molar-refractivity contribution in [1.29, 1.82) is 5.26 Å². The lowest BCUT2D eigenvalue weighted by Gasteiger charge is -2.44. The third-order valence-electron chi connectivity index (χ3n) is 5.00. The van der Waals surface area contributed by atoms with Crippen LogP contribution < -0.4 is 0 Å². The van der Waals surface area contributed by atoms with Crippen LogP contribution in [-0.2, 0) is 23.7 Å². The van der Waals surface area contributed by atoms with Crippen molar-refractivity contribution in [2.45, 2.75) is 38.5 Å². The van der Waals surface area contributed by atoms with Crippen LogP contribution in [0.3, 0.4) is 0 Å². The largest absolute Gasteiger partial charge is 0.293 e. The Bertz CT molecular complexity index is 649. The maximum absolute atomic E-state index is 12.4. The topological polar surface area (TPSA) is 58.7 Å². The highest BCUT2D eigenvalue weighted by molar-refractivity contribution is 6.02. The molecule has 3 atom stereocenters. The number of aromatic nitrogens is 2. The average molecular weight is 269 g/mol. The molecule has 4 heteroatoms. The number of nitriles is 1. The molecule has 2 aliphatic rings. The molecule has 0 fully saturated rings. The van der Waals surface area contributed by atoms with E-state index in [1.54, 1.807) is 0 Å². The van der Waals surface area contributed by atoms with Gasteiger partial charge in [-0.05, 0) is 30.7 Å². The Kier molecular flexibility index (Phi) is 2.82. The summed E-state index contributed by atoms with van der Waals surface area (Å²) in [6, 6.07) is 2.09. The molecule has 0 aromatic carbocycles. The third kappa shape index (κ3) is 1.59. The highest BCUT2D eigenvalue weighted by atomic mass is 16.1. The number of ketones is 1. The minimum Gasteiger partial charge on any atom is -0.293 e. The molecule has 3 rings (SSSR count). The fourth-order valence-electron chi connectivity index (χ4n) is 4.07. The Morgan fingerprint density at radius 2 is 2.35 bits per heavy atom. The van der Waals surface area contributed by atoms with Crippen LogP contribution in [0.2, 0.25) is 0 Å². The zero-order valence-electron chi connectivity index (χ0n) is 12.2. The number of rotatable bonds is 1. The molecule has 1 aromatic heterocycles. The predicted octanol–water partition coefficient (Wildman–Crippen LogP) is 2.30. The van der Waals surface area contributed by atoms with Gasteiger partial charge in [-0.15, -0.1) is 0 Å². The second-order valence-corrected chi connectivity index (χ2v) is 6.15. The molecule has 104 valence electrons. The molecule has 2 aliphatic carbocycles. The first-order chi connectivity index (χ1) is 9.51. The predicted molar refractivity (Wildman–Crippen MR) is 74.9 cm³/mol. The lowest BCUT2D eigenvalue weighted by atomic mass is 9.57. The van der Waals surface area contributed by atoms with Crippen molar-refractivity contribution in [3.05, 3.63) is 29.1 Å². The van der Waals surface area contributed by atoms with Gasteiger partial charge in [0.1, 0.15) is 6.07 Å². The molecule has 0 aliphatic heterocycles. The lowest BCUT2D eigenvalue weighted by Crippen LogP contribution is -2.46. The maximum Gasteiger partial charge on any atom is 0.176 e. The average Bonchev–Trinajstić information content (AvgIpc) is 2.81. The molecule has 0 saturated carbocycles. The van der Waals surface area contributed by atoms with Gasteiger partial charge in [-0.2, -0.15) is 10.4 Å². The fourth-order valence-corrected chi connectivity index (χ4v) is 4.07. The second-order valence-electron chi connectivity index (χ2n) is 6.15. The van der Waals surface area contributed by atoms with Gasteiger partial charge in [0, 0.05) is 24.6 Å². The Morgan fingerprint density at radius 3 is 3.00 bits per heavy atom.